The van der Waals surface area contributed by atoms with Crippen molar-refractivity contribution in [3.8, 4) is 0 Å². The molecule has 105 heavy (non-hydrogen) atoms. The number of unbranched alkanes of at least 4 members (excludes halogenated alkanes) is 1. The van der Waals surface area contributed by atoms with Gasteiger partial charge in [-0.3, -0.25) is 10.1 Å². The van der Waals surface area contributed by atoms with Crippen LogP contribution < -0.4 is 10.6 Å². The van der Waals surface area contributed by atoms with Gasteiger partial charge in [0.1, 0.15) is 195 Å². The normalized spacial score (nSPS) is 48.3. The molecule has 16 bridgehead atoms. The lowest BCUT2D eigenvalue weighted by Crippen LogP contribution is -2.69. The number of nitro benzene ring substituents is 1. The molecule has 30 aliphatic heterocycles. The van der Waals surface area contributed by atoms with Gasteiger partial charge >= 0.3 is 5.69 Å². The summed E-state index contributed by atoms with van der Waals surface area (Å²) in [5.41, 5.74) is 0.0198. The third kappa shape index (κ3) is 16.9. The molecule has 30 fully saturated rings. The fourth-order valence-electron chi connectivity index (χ4n) is 13.9. The third-order valence-electron chi connectivity index (χ3n) is 19.7. The predicted molar refractivity (Wildman–Crippen MR) is 323 cm³/mol. The summed E-state index contributed by atoms with van der Waals surface area (Å²) < 4.78 is 97.9. The first-order chi connectivity index (χ1) is 50.2. The smallest absolute Gasteiger partial charge is 0.300 e. The zero-order valence-electron chi connectivity index (χ0n) is 55.1. The maximum Gasteiger partial charge on any atom is 0.300 e. The van der Waals surface area contributed by atoms with Gasteiger partial charge in [-0.15, -0.1) is 0 Å². The highest BCUT2D eigenvalue weighted by atomic mass is 16.8. The molecular formula is C58H91N5O42. The Morgan fingerprint density at radius 3 is 0.790 bits per heavy atom. The van der Waals surface area contributed by atoms with Crippen LogP contribution in [0, 0.1) is 10.1 Å². The summed E-state index contributed by atoms with van der Waals surface area (Å²) in [5.74, 6) is 0. The Bertz CT molecular complexity index is 3040. The Kier molecular flexibility index (Phi) is 28.0. The van der Waals surface area contributed by atoms with E-state index in [4.69, 9.17) is 80.4 Å². The zero-order valence-corrected chi connectivity index (χ0v) is 55.1. The molecule has 0 radical (unpaired) electrons. The molecule has 0 amide bonds. The molecule has 0 spiro atoms. The number of benzene rings is 1. The van der Waals surface area contributed by atoms with Crippen LogP contribution in [0.4, 0.5) is 11.4 Å². The Balaban J connectivity index is 0.843. The summed E-state index contributed by atoms with van der Waals surface area (Å²) in [5, 5.41) is 284. The van der Waals surface area contributed by atoms with Gasteiger partial charge in [-0.25, -0.2) is 4.63 Å². The molecular weight excluding hydrogens is 1440 g/mol. The number of aliphatic hydroxyl groups is 23. The number of aliphatic hydroxyl groups excluding tert-OH is 23. The summed E-state index contributed by atoms with van der Waals surface area (Å²) in [7, 11) is 0. The van der Waals surface area contributed by atoms with Crippen LogP contribution in [0.3, 0.4) is 0 Å². The summed E-state index contributed by atoms with van der Waals surface area (Å²) in [6.07, 6.45) is -81.6. The fourth-order valence-corrected chi connectivity index (χ4v) is 13.9. The van der Waals surface area contributed by atoms with Crippen LogP contribution in [0.2, 0.25) is 0 Å². The molecule has 40 atom stereocenters. The van der Waals surface area contributed by atoms with E-state index in [1.165, 1.54) is 12.1 Å². The molecule has 2 aromatic rings. The van der Waals surface area contributed by atoms with Crippen LogP contribution in [-0.4, -0.2) is 444 Å². The van der Waals surface area contributed by atoms with E-state index in [2.05, 4.69) is 20.9 Å². The van der Waals surface area contributed by atoms with Crippen LogP contribution >= 0.6 is 0 Å². The van der Waals surface area contributed by atoms with Crippen LogP contribution in [-0.2, 0) is 75.8 Å². The molecule has 0 aliphatic carbocycles. The lowest BCUT2D eigenvalue weighted by atomic mass is 9.94. The Morgan fingerprint density at radius 1 is 0.314 bits per heavy atom. The van der Waals surface area contributed by atoms with Gasteiger partial charge < -0.3 is 204 Å². The minimum Gasteiger partial charge on any atom is -0.394 e. The number of fused-ring (bicyclic) bond motifs is 1. The maximum absolute atomic E-state index is 12.0. The quantitative estimate of drug-likeness (QED) is 0.0422. The van der Waals surface area contributed by atoms with Crippen molar-refractivity contribution in [3.63, 3.8) is 0 Å². The minimum atomic E-state index is -2.27. The number of hydrogen-bond acceptors (Lipinski definition) is 46. The van der Waals surface area contributed by atoms with Gasteiger partial charge in [0.2, 0.25) is 5.52 Å². The molecule has 0 saturated carbocycles. The van der Waals surface area contributed by atoms with E-state index >= 15 is 0 Å². The van der Waals surface area contributed by atoms with Gasteiger partial charge in [0, 0.05) is 19.2 Å². The first kappa shape index (κ1) is 82.2. The Hall–Kier alpha value is -3.78. The van der Waals surface area contributed by atoms with E-state index in [0.717, 1.165) is 0 Å². The highest BCUT2D eigenvalue weighted by molar-refractivity contribution is 5.93. The number of ether oxygens (including phenoxy) is 16. The molecule has 32 rings (SSSR count). The van der Waals surface area contributed by atoms with Crippen molar-refractivity contribution in [1.29, 1.82) is 0 Å². The molecule has 0 unspecified atom stereocenters. The molecule has 1 aromatic carbocycles. The van der Waals surface area contributed by atoms with Crippen molar-refractivity contribution in [2.45, 2.75) is 258 Å². The largest absolute Gasteiger partial charge is 0.394 e. The summed E-state index contributed by atoms with van der Waals surface area (Å²) >= 11 is 0. The van der Waals surface area contributed by atoms with E-state index in [1.54, 1.807) is 0 Å². The van der Waals surface area contributed by atoms with Crippen molar-refractivity contribution >= 4 is 22.4 Å². The van der Waals surface area contributed by atoms with E-state index in [9.17, 15) is 128 Å². The molecule has 30 aliphatic rings. The number of nitro groups is 1. The molecule has 47 nitrogen and oxygen atoms in total. The lowest BCUT2D eigenvalue weighted by molar-refractivity contribution is -0.403. The van der Waals surface area contributed by atoms with Crippen molar-refractivity contribution in [2.24, 2.45) is 0 Å². The first-order valence-electron chi connectivity index (χ1n) is 33.7. The number of anilines is 1. The number of nitrogens with one attached hydrogen (secondary N) is 2. The lowest BCUT2D eigenvalue weighted by Gasteiger charge is -2.50. The fraction of sp³-hybridized carbons (Fsp3) is 0.897. The van der Waals surface area contributed by atoms with Crippen LogP contribution in [0.1, 0.15) is 12.8 Å². The van der Waals surface area contributed by atoms with Gasteiger partial charge in [0.15, 0.2) is 55.8 Å². The molecule has 31 heterocycles. The van der Waals surface area contributed by atoms with Crippen molar-refractivity contribution in [2.75, 3.05) is 71.2 Å². The first-order valence-corrected chi connectivity index (χ1v) is 33.7. The van der Waals surface area contributed by atoms with Gasteiger partial charge in [-0.2, -0.15) is 0 Å². The second-order valence-corrected chi connectivity index (χ2v) is 26.5. The Morgan fingerprint density at radius 2 is 0.543 bits per heavy atom. The van der Waals surface area contributed by atoms with E-state index in [1.807, 2.05) is 0 Å². The third-order valence-corrected chi connectivity index (χ3v) is 19.7. The summed E-state index contributed by atoms with van der Waals surface area (Å²) in [4.78, 5) is 10.9. The van der Waals surface area contributed by atoms with Gasteiger partial charge in [-0.1, -0.05) is 0 Å². The molecule has 25 N–H and O–H groups in total. The average Bonchev–Trinajstić information content (AvgIpc) is 1.51. The van der Waals surface area contributed by atoms with Crippen LogP contribution in [0.15, 0.2) is 16.8 Å². The van der Waals surface area contributed by atoms with Crippen molar-refractivity contribution < 1.29 is 203 Å². The second-order valence-electron chi connectivity index (χ2n) is 26.5. The molecule has 30 saturated heterocycles. The number of nitrogens with zero attached hydrogens (tertiary/aromatic N) is 3. The number of aromatic nitrogens is 2. The van der Waals surface area contributed by atoms with E-state index < -0.39 is 297 Å². The van der Waals surface area contributed by atoms with Gasteiger partial charge in [0.05, 0.1) is 56.9 Å². The number of rotatable bonds is 16. The zero-order chi connectivity index (χ0) is 75.7. The van der Waals surface area contributed by atoms with E-state index in [-0.39, 0.29) is 36.4 Å². The van der Waals surface area contributed by atoms with Crippen LogP contribution in [0.25, 0.3) is 11.0 Å². The van der Waals surface area contributed by atoms with Gasteiger partial charge in [0.25, 0.3) is 0 Å². The topological polar surface area (TPSA) is 719 Å². The Labute approximate surface area is 591 Å². The number of hydrogen-bond donors (Lipinski definition) is 25. The molecule has 600 valence electrons. The molecule has 1 aromatic heterocycles. The monoisotopic (exact) mass is 1530 g/mol. The maximum atomic E-state index is 12.0. The van der Waals surface area contributed by atoms with E-state index in [0.29, 0.717) is 18.5 Å². The SMILES string of the molecule is O=[N+]([O-])c1ccc(NCCCCNC[C@H]2O[C@@H]3O[C@H]4[C@H](O)[C@@H](O)[C@@H](O[C@H]5[C@H](O)[C@@H](O)[C@@H](O[C@H]6[C@H](O)[C@@H](O)[C@@H](O[C@H]7[C@H](O)[C@@H](O)[C@@H](O[C@H]8[C@H](O)[C@@H](O)[C@@H](O[C@H]9[C@H](O)[C@@H](O)[C@@H](O[C@H]%10[C@H](O)[C@@H](O)[C@@H](O[C@H]2[C@H](O)[C@H]3O)O[C@@H]%10CO)O[C@@H]9CO)O[C@@H]8CO)O[C@@H]7CO)O[C@@H]6CO)O[C@@H]5CO)O[C@@H]4CO)c2nonc12. The predicted octanol–water partition coefficient (Wildman–Crippen LogP) is -15.5. The standard InChI is InChI=1S/C58H91N5O42/c64-8-18-44-29(73)37(81)53(91-18)100-46-20(10-66)93-55(39(83)31(46)75)102-48-22(12-68)95-57(41(85)33(48)77)104-50-24(14-70)96-58(42(86)34(50)78)103-49-23(13-69)94-56(40(84)32(49)76)101-47-21(11-67)92-54(38(82)30(47)74)99-45-19(9-65)90-52(36(80)28(45)72)97-43-17(89-51(98-44)35(79)27(43)71)7-59-5-1-2-6-60-15-3-4-16(63(87)88)26-25(15)61-105-62-26/h3-4,17-24,27-60,64-86H,1-2,5-14H2/t17-,18-,19-,20-,21-,22-,23-,24-,27-,28-,29-,30-,31-,32-,33-,34-,35-,36-,37-,38-,39-,40-,41-,42-,43-,44-,45-,46-,47-,48-,49-,50-,51-,52-,53-,54-,55-,56-,57-,58-/m1/s1. The van der Waals surface area contributed by atoms with Crippen molar-refractivity contribution in [1.82, 2.24) is 15.6 Å². The average molecular weight is 1530 g/mol. The highest BCUT2D eigenvalue weighted by Gasteiger charge is 2.60. The minimum absolute atomic E-state index is 0.0929. The highest BCUT2D eigenvalue weighted by Crippen LogP contribution is 2.40. The summed E-state index contributed by atoms with van der Waals surface area (Å²) in [6.45, 7) is -7.61. The summed E-state index contributed by atoms with van der Waals surface area (Å²) in [6, 6.07) is 2.63. The molecule has 47 heteroatoms. The number of non-ortho nitro benzene ring substituents is 1. The second kappa shape index (κ2) is 35.7. The van der Waals surface area contributed by atoms with Crippen molar-refractivity contribution in [3.05, 3.63) is 22.2 Å². The van der Waals surface area contributed by atoms with Gasteiger partial charge in [-0.05, 0) is 35.8 Å². The van der Waals surface area contributed by atoms with Crippen LogP contribution in [0.5, 0.6) is 0 Å².